The molecule has 0 radical (unpaired) electrons. The van der Waals surface area contributed by atoms with Gasteiger partial charge in [0.2, 0.25) is 0 Å². The Labute approximate surface area is 194 Å². The highest BCUT2D eigenvalue weighted by molar-refractivity contribution is 8.18. The predicted octanol–water partition coefficient (Wildman–Crippen LogP) is 4.32. The maximum absolute atomic E-state index is 12.6. The summed E-state index contributed by atoms with van der Waals surface area (Å²) < 4.78 is 29.3. The Bertz CT molecular complexity index is 1160. The van der Waals surface area contributed by atoms with Crippen LogP contribution in [0, 0.1) is 10.1 Å². The number of imide groups is 1. The van der Waals surface area contributed by atoms with Gasteiger partial charge in [-0.1, -0.05) is 29.8 Å². The first kappa shape index (κ1) is 24.1. The minimum atomic E-state index is -3.11. The summed E-state index contributed by atoms with van der Waals surface area (Å²) in [6, 6.07) is 9.34. The first-order valence-corrected chi connectivity index (χ1v) is 10.4. The number of nitrogens with zero attached hydrogens (tertiary/aromatic N) is 2. The second kappa shape index (κ2) is 10.4. The molecule has 2 aromatic carbocycles. The summed E-state index contributed by atoms with van der Waals surface area (Å²) in [4.78, 5) is 48.4. The smallest absolute Gasteiger partial charge is 0.387 e. The molecule has 3 rings (SSSR count). The number of rotatable bonds is 8. The third kappa shape index (κ3) is 5.84. The third-order valence-electron chi connectivity index (χ3n) is 4.31. The standard InChI is InChI=1S/C20H14ClF2N3O6S/c21-13-6-5-11(9-14(13)26(30)31)10-16-18(28)25(20(29)33-16)8-7-24-17(27)12-3-1-2-4-15(12)32-19(22)23/h1-6,9-10,19H,7-8H2,(H,24,27)/b16-10-. The fourth-order valence-corrected chi connectivity index (χ4v) is 3.88. The third-order valence-corrected chi connectivity index (χ3v) is 5.53. The monoisotopic (exact) mass is 497 g/mol. The second-order valence-corrected chi connectivity index (χ2v) is 7.83. The van der Waals surface area contributed by atoms with Gasteiger partial charge in [-0.3, -0.25) is 29.4 Å². The molecule has 1 heterocycles. The highest BCUT2D eigenvalue weighted by atomic mass is 35.5. The molecule has 0 atom stereocenters. The van der Waals surface area contributed by atoms with Crippen molar-refractivity contribution in [2.45, 2.75) is 6.61 Å². The highest BCUT2D eigenvalue weighted by Crippen LogP contribution is 2.33. The molecule has 0 unspecified atom stereocenters. The summed E-state index contributed by atoms with van der Waals surface area (Å²) in [5.74, 6) is -1.67. The van der Waals surface area contributed by atoms with Gasteiger partial charge >= 0.3 is 6.61 Å². The Morgan fingerprint density at radius 1 is 1.27 bits per heavy atom. The van der Waals surface area contributed by atoms with E-state index in [1.807, 2.05) is 0 Å². The van der Waals surface area contributed by atoms with Crippen molar-refractivity contribution in [3.8, 4) is 5.75 Å². The molecular formula is C20H14ClF2N3O6S. The molecule has 3 amide bonds. The summed E-state index contributed by atoms with van der Waals surface area (Å²) in [5, 5.41) is 12.8. The largest absolute Gasteiger partial charge is 0.434 e. The minimum Gasteiger partial charge on any atom is -0.434 e. The Balaban J connectivity index is 1.64. The fraction of sp³-hybridized carbons (Fsp3) is 0.150. The highest BCUT2D eigenvalue weighted by Gasteiger charge is 2.34. The van der Waals surface area contributed by atoms with Gasteiger partial charge in [0, 0.05) is 19.2 Å². The Hall–Kier alpha value is -3.51. The number of halogens is 3. The van der Waals surface area contributed by atoms with Gasteiger partial charge in [0.25, 0.3) is 22.7 Å². The number of carbonyl (C=O) groups excluding carboxylic acids is 3. The van der Waals surface area contributed by atoms with E-state index in [-0.39, 0.29) is 40.0 Å². The van der Waals surface area contributed by atoms with Crippen LogP contribution in [-0.2, 0) is 4.79 Å². The number of alkyl halides is 2. The molecule has 33 heavy (non-hydrogen) atoms. The van der Waals surface area contributed by atoms with Gasteiger partial charge in [-0.2, -0.15) is 8.78 Å². The van der Waals surface area contributed by atoms with Gasteiger partial charge < -0.3 is 10.1 Å². The van der Waals surface area contributed by atoms with Crippen LogP contribution in [0.15, 0.2) is 47.4 Å². The minimum absolute atomic E-state index is 0.0404. The van der Waals surface area contributed by atoms with Crippen molar-refractivity contribution in [1.29, 1.82) is 0 Å². The van der Waals surface area contributed by atoms with Crippen LogP contribution < -0.4 is 10.1 Å². The van der Waals surface area contributed by atoms with Gasteiger partial charge in [0.05, 0.1) is 15.4 Å². The maximum Gasteiger partial charge on any atom is 0.387 e. The van der Waals surface area contributed by atoms with E-state index in [2.05, 4.69) is 10.1 Å². The summed E-state index contributed by atoms with van der Waals surface area (Å²) >= 11 is 6.41. The molecule has 0 bridgehead atoms. The number of nitro benzene ring substituents is 1. The number of hydrogen-bond donors (Lipinski definition) is 1. The number of benzene rings is 2. The molecule has 1 saturated heterocycles. The normalized spacial score (nSPS) is 14.8. The van der Waals surface area contributed by atoms with Gasteiger partial charge in [0.1, 0.15) is 10.8 Å². The van der Waals surface area contributed by atoms with Crippen molar-refractivity contribution >= 4 is 52.2 Å². The summed E-state index contributed by atoms with van der Waals surface area (Å²) in [5.41, 5.74) is -0.167. The Morgan fingerprint density at radius 3 is 2.70 bits per heavy atom. The number of amides is 3. The SMILES string of the molecule is O=C(NCCN1C(=O)S/C(=C\c2ccc(Cl)c([N+](=O)[O-])c2)C1=O)c1ccccc1OC(F)F. The Kier molecular flexibility index (Phi) is 7.61. The second-order valence-electron chi connectivity index (χ2n) is 6.43. The van der Waals surface area contributed by atoms with E-state index in [0.717, 1.165) is 4.90 Å². The van der Waals surface area contributed by atoms with E-state index in [1.165, 1.54) is 48.5 Å². The first-order chi connectivity index (χ1) is 15.7. The number of para-hydroxylation sites is 1. The lowest BCUT2D eigenvalue weighted by molar-refractivity contribution is -0.384. The molecule has 0 aromatic heterocycles. The van der Waals surface area contributed by atoms with Crippen molar-refractivity contribution in [2.24, 2.45) is 0 Å². The predicted molar refractivity (Wildman–Crippen MR) is 116 cm³/mol. The van der Waals surface area contributed by atoms with E-state index >= 15 is 0 Å². The molecule has 1 aliphatic rings. The van der Waals surface area contributed by atoms with Crippen LogP contribution in [0.5, 0.6) is 5.75 Å². The molecule has 172 valence electrons. The average Bonchev–Trinajstić information content (AvgIpc) is 3.02. The Morgan fingerprint density at radius 2 is 2.00 bits per heavy atom. The van der Waals surface area contributed by atoms with Gasteiger partial charge in [-0.25, -0.2) is 0 Å². The average molecular weight is 498 g/mol. The van der Waals surface area contributed by atoms with E-state index in [9.17, 15) is 33.3 Å². The van der Waals surface area contributed by atoms with Crippen LogP contribution in [0.4, 0.5) is 19.3 Å². The van der Waals surface area contributed by atoms with Crippen molar-refractivity contribution in [2.75, 3.05) is 13.1 Å². The van der Waals surface area contributed by atoms with Gasteiger partial charge in [0.15, 0.2) is 0 Å². The van der Waals surface area contributed by atoms with Gasteiger partial charge in [-0.05, 0) is 41.6 Å². The number of ether oxygens (including phenoxy) is 1. The van der Waals surface area contributed by atoms with Crippen LogP contribution in [0.1, 0.15) is 15.9 Å². The molecule has 2 aromatic rings. The number of nitro groups is 1. The van der Waals surface area contributed by atoms with Crippen molar-refractivity contribution in [3.05, 3.63) is 73.6 Å². The number of thioether (sulfide) groups is 1. The fourth-order valence-electron chi connectivity index (χ4n) is 2.83. The van der Waals surface area contributed by atoms with E-state index in [0.29, 0.717) is 17.3 Å². The van der Waals surface area contributed by atoms with Crippen LogP contribution in [0.3, 0.4) is 0 Å². The first-order valence-electron chi connectivity index (χ1n) is 9.18. The molecule has 0 spiro atoms. The number of hydrogen-bond acceptors (Lipinski definition) is 7. The number of nitrogens with one attached hydrogen (secondary N) is 1. The van der Waals surface area contributed by atoms with Crippen molar-refractivity contribution in [1.82, 2.24) is 10.2 Å². The van der Waals surface area contributed by atoms with Crippen LogP contribution in [0.2, 0.25) is 5.02 Å². The van der Waals surface area contributed by atoms with Crippen LogP contribution in [-0.4, -0.2) is 46.6 Å². The zero-order valence-corrected chi connectivity index (χ0v) is 18.1. The lowest BCUT2D eigenvalue weighted by Gasteiger charge is -2.14. The molecule has 1 aliphatic heterocycles. The van der Waals surface area contributed by atoms with Crippen molar-refractivity contribution < 1.29 is 32.8 Å². The maximum atomic E-state index is 12.6. The topological polar surface area (TPSA) is 119 Å². The molecular weight excluding hydrogens is 484 g/mol. The molecule has 1 fully saturated rings. The van der Waals surface area contributed by atoms with E-state index in [4.69, 9.17) is 11.6 Å². The lowest BCUT2D eigenvalue weighted by Crippen LogP contribution is -2.37. The van der Waals surface area contributed by atoms with E-state index in [1.54, 1.807) is 0 Å². The molecule has 0 saturated carbocycles. The lowest BCUT2D eigenvalue weighted by atomic mass is 10.2. The quantitative estimate of drug-likeness (QED) is 0.328. The molecule has 9 nitrogen and oxygen atoms in total. The van der Waals surface area contributed by atoms with E-state index < -0.39 is 28.6 Å². The van der Waals surface area contributed by atoms with Crippen molar-refractivity contribution in [3.63, 3.8) is 0 Å². The zero-order chi connectivity index (χ0) is 24.1. The van der Waals surface area contributed by atoms with Crippen LogP contribution in [0.25, 0.3) is 6.08 Å². The number of carbonyl (C=O) groups is 3. The van der Waals surface area contributed by atoms with Crippen LogP contribution >= 0.6 is 23.4 Å². The summed E-state index contributed by atoms with van der Waals surface area (Å²) in [6.07, 6.45) is 1.32. The summed E-state index contributed by atoms with van der Waals surface area (Å²) in [6.45, 7) is -3.42. The zero-order valence-electron chi connectivity index (χ0n) is 16.5. The molecule has 0 aliphatic carbocycles. The summed E-state index contributed by atoms with van der Waals surface area (Å²) in [7, 11) is 0. The molecule has 1 N–H and O–H groups in total. The molecule has 13 heteroatoms. The van der Waals surface area contributed by atoms with Gasteiger partial charge in [-0.15, -0.1) is 0 Å².